The topological polar surface area (TPSA) is 134 Å². The fraction of sp³-hybridized carbons (Fsp3) is 0.241. The number of hydrogen-bond acceptors (Lipinski definition) is 5. The van der Waals surface area contributed by atoms with Gasteiger partial charge in [0, 0.05) is 12.8 Å². The molecule has 9 nitrogen and oxygen atoms in total. The molecule has 1 heterocycles. The van der Waals surface area contributed by atoms with Gasteiger partial charge in [-0.05, 0) is 42.7 Å². The average Bonchev–Trinajstić information content (AvgIpc) is 2.92. The van der Waals surface area contributed by atoms with Gasteiger partial charge in [-0.2, -0.15) is 0 Å². The third-order valence-corrected chi connectivity index (χ3v) is 6.39. The van der Waals surface area contributed by atoms with E-state index in [-0.39, 0.29) is 30.1 Å². The molecule has 9 heteroatoms. The number of aryl methyl sites for hydroxylation is 1. The molecule has 3 atom stereocenters. The van der Waals surface area contributed by atoms with Gasteiger partial charge in [0.1, 0.15) is 11.8 Å². The maximum absolute atomic E-state index is 13.4. The van der Waals surface area contributed by atoms with E-state index in [2.05, 4.69) is 16.0 Å². The second-order valence-corrected chi connectivity index (χ2v) is 9.29. The van der Waals surface area contributed by atoms with E-state index >= 15 is 0 Å². The molecule has 4 N–H and O–H groups in total. The van der Waals surface area contributed by atoms with Gasteiger partial charge in [0.15, 0.2) is 5.54 Å². The molecule has 3 amide bonds. The van der Waals surface area contributed by atoms with Crippen LogP contribution in [-0.2, 0) is 27.2 Å². The molecule has 38 heavy (non-hydrogen) atoms. The minimum absolute atomic E-state index is 0.0278. The van der Waals surface area contributed by atoms with Gasteiger partial charge in [-0.15, -0.1) is 0 Å². The van der Waals surface area contributed by atoms with Crippen molar-refractivity contribution in [3.63, 3.8) is 0 Å². The number of aromatic carboxylic acids is 1. The Morgan fingerprint density at radius 3 is 2.26 bits per heavy atom. The van der Waals surface area contributed by atoms with Crippen LogP contribution in [0.3, 0.4) is 0 Å². The first kappa shape index (κ1) is 26.4. The molecule has 4 rings (SSSR count). The van der Waals surface area contributed by atoms with Crippen LogP contribution in [-0.4, -0.2) is 46.6 Å². The maximum atomic E-state index is 13.4. The van der Waals surface area contributed by atoms with Crippen molar-refractivity contribution < 1.29 is 29.0 Å². The largest absolute Gasteiger partial charge is 0.478 e. The van der Waals surface area contributed by atoms with Crippen LogP contribution in [0, 0.1) is 0 Å². The Balaban J connectivity index is 1.45. The number of benzene rings is 3. The minimum Gasteiger partial charge on any atom is -0.478 e. The van der Waals surface area contributed by atoms with E-state index in [9.17, 15) is 24.3 Å². The van der Waals surface area contributed by atoms with Crippen molar-refractivity contribution in [2.24, 2.45) is 0 Å². The normalized spacial score (nSPS) is 18.9. The van der Waals surface area contributed by atoms with Crippen molar-refractivity contribution in [2.45, 2.75) is 44.0 Å². The first-order valence-corrected chi connectivity index (χ1v) is 12.2. The highest BCUT2D eigenvalue weighted by Gasteiger charge is 2.55. The summed E-state index contributed by atoms with van der Waals surface area (Å²) in [6.07, 6.45) is 0.0198. The van der Waals surface area contributed by atoms with Gasteiger partial charge in [0.05, 0.1) is 5.56 Å². The van der Waals surface area contributed by atoms with Crippen LogP contribution in [0.4, 0.5) is 0 Å². The standard InChI is InChI=1S/C29H29N3O6/c1-29(27(37)31-28(29)38-22-14-8-13-21(18-22)26(35)36)32-25(34)23(17-20-11-6-3-7-12-20)30-24(33)16-15-19-9-4-2-5-10-19/h2-14,18,23,28H,15-17H2,1H3,(H,30,33)(H,31,37)(H,32,34)(H,35,36)/t23-,28-,29+/m0/s1. The predicted octanol–water partition coefficient (Wildman–Crippen LogP) is 2.45. The summed E-state index contributed by atoms with van der Waals surface area (Å²) in [5.41, 5.74) is 0.454. The van der Waals surface area contributed by atoms with Crippen molar-refractivity contribution in [3.05, 3.63) is 102 Å². The van der Waals surface area contributed by atoms with Crippen molar-refractivity contribution in [1.29, 1.82) is 0 Å². The third kappa shape index (κ3) is 6.36. The predicted molar refractivity (Wildman–Crippen MR) is 139 cm³/mol. The van der Waals surface area contributed by atoms with Crippen LogP contribution in [0.5, 0.6) is 5.75 Å². The molecule has 1 saturated heterocycles. The van der Waals surface area contributed by atoms with E-state index in [0.29, 0.717) is 6.42 Å². The van der Waals surface area contributed by atoms with Gasteiger partial charge in [-0.25, -0.2) is 4.79 Å². The number of carboxylic acids is 1. The lowest BCUT2D eigenvalue weighted by Crippen LogP contribution is -2.80. The van der Waals surface area contributed by atoms with Gasteiger partial charge in [-0.3, -0.25) is 14.4 Å². The zero-order valence-corrected chi connectivity index (χ0v) is 20.8. The number of ether oxygens (including phenoxy) is 1. The zero-order valence-electron chi connectivity index (χ0n) is 20.8. The molecule has 0 aromatic heterocycles. The second kappa shape index (κ2) is 11.6. The number of carbonyl (C=O) groups excluding carboxylic acids is 3. The molecule has 0 aliphatic carbocycles. The van der Waals surface area contributed by atoms with Crippen LogP contribution in [0.15, 0.2) is 84.9 Å². The second-order valence-electron chi connectivity index (χ2n) is 9.29. The third-order valence-electron chi connectivity index (χ3n) is 6.39. The summed E-state index contributed by atoms with van der Waals surface area (Å²) in [6, 6.07) is 23.7. The van der Waals surface area contributed by atoms with Crippen LogP contribution in [0.1, 0.15) is 34.8 Å². The van der Waals surface area contributed by atoms with Crippen LogP contribution in [0.2, 0.25) is 0 Å². The lowest BCUT2D eigenvalue weighted by Gasteiger charge is -2.46. The van der Waals surface area contributed by atoms with E-state index in [1.807, 2.05) is 60.7 Å². The molecule has 1 aliphatic heterocycles. The van der Waals surface area contributed by atoms with Crippen molar-refractivity contribution in [1.82, 2.24) is 16.0 Å². The Hall–Kier alpha value is -4.66. The molecule has 0 radical (unpaired) electrons. The summed E-state index contributed by atoms with van der Waals surface area (Å²) >= 11 is 0. The summed E-state index contributed by atoms with van der Waals surface area (Å²) in [6.45, 7) is 1.52. The molecule has 1 fully saturated rings. The molecule has 1 aliphatic rings. The van der Waals surface area contributed by atoms with Crippen molar-refractivity contribution >= 4 is 23.7 Å². The molecule has 0 bridgehead atoms. The number of carbonyl (C=O) groups is 4. The van der Waals surface area contributed by atoms with Crippen LogP contribution >= 0.6 is 0 Å². The highest BCUT2D eigenvalue weighted by Crippen LogP contribution is 2.25. The molecule has 3 aromatic rings. The summed E-state index contributed by atoms with van der Waals surface area (Å²) < 4.78 is 5.80. The summed E-state index contributed by atoms with van der Waals surface area (Å²) in [5.74, 6) is -2.17. The van der Waals surface area contributed by atoms with Crippen LogP contribution < -0.4 is 20.7 Å². The van der Waals surface area contributed by atoms with Gasteiger partial charge in [-0.1, -0.05) is 66.7 Å². The number of hydrogen-bond donors (Lipinski definition) is 4. The number of β-lactam (4-membered cyclic amide) rings is 1. The SMILES string of the molecule is C[C@@]1(NC(=O)[C@H](Cc2ccccc2)NC(=O)CCc2ccccc2)C(=O)N[C@H]1Oc1cccc(C(=O)O)c1. The van der Waals surface area contributed by atoms with Crippen molar-refractivity contribution in [2.75, 3.05) is 0 Å². The number of rotatable bonds is 11. The zero-order chi connectivity index (χ0) is 27.1. The highest BCUT2D eigenvalue weighted by molar-refractivity contribution is 5.99. The first-order valence-electron chi connectivity index (χ1n) is 12.2. The van der Waals surface area contributed by atoms with E-state index in [1.54, 1.807) is 6.07 Å². The molecular weight excluding hydrogens is 486 g/mol. The lowest BCUT2D eigenvalue weighted by atomic mass is 9.89. The maximum Gasteiger partial charge on any atom is 0.335 e. The first-order chi connectivity index (χ1) is 18.2. The summed E-state index contributed by atoms with van der Waals surface area (Å²) in [5, 5.41) is 17.4. The van der Waals surface area contributed by atoms with Gasteiger partial charge in [0.2, 0.25) is 18.0 Å². The molecule has 0 saturated carbocycles. The van der Waals surface area contributed by atoms with Gasteiger partial charge >= 0.3 is 5.97 Å². The Labute approximate surface area is 220 Å². The Bertz CT molecular complexity index is 1310. The molecule has 0 spiro atoms. The van der Waals surface area contributed by atoms with E-state index < -0.39 is 35.6 Å². The fourth-order valence-electron chi connectivity index (χ4n) is 4.13. The number of nitrogens with one attached hydrogen (secondary N) is 3. The van der Waals surface area contributed by atoms with E-state index in [4.69, 9.17) is 4.74 Å². The highest BCUT2D eigenvalue weighted by atomic mass is 16.5. The van der Waals surface area contributed by atoms with E-state index in [1.165, 1.54) is 25.1 Å². The monoisotopic (exact) mass is 515 g/mol. The molecular formula is C29H29N3O6. The smallest absolute Gasteiger partial charge is 0.335 e. The van der Waals surface area contributed by atoms with Crippen molar-refractivity contribution in [3.8, 4) is 5.75 Å². The minimum atomic E-state index is -1.43. The molecule has 3 aromatic carbocycles. The molecule has 0 unspecified atom stereocenters. The lowest BCUT2D eigenvalue weighted by molar-refractivity contribution is -0.154. The molecule has 196 valence electrons. The number of amides is 3. The van der Waals surface area contributed by atoms with Crippen LogP contribution in [0.25, 0.3) is 0 Å². The fourth-order valence-corrected chi connectivity index (χ4v) is 4.13. The van der Waals surface area contributed by atoms with Gasteiger partial charge < -0.3 is 25.8 Å². The van der Waals surface area contributed by atoms with Gasteiger partial charge in [0.25, 0.3) is 5.91 Å². The average molecular weight is 516 g/mol. The quantitative estimate of drug-likeness (QED) is 0.290. The Kier molecular flexibility index (Phi) is 8.06. The van der Waals surface area contributed by atoms with E-state index in [0.717, 1.165) is 11.1 Å². The number of carboxylic acid groups (broad SMARTS) is 1. The Morgan fingerprint density at radius 1 is 0.974 bits per heavy atom. The Morgan fingerprint density at radius 2 is 1.63 bits per heavy atom. The summed E-state index contributed by atoms with van der Waals surface area (Å²) in [4.78, 5) is 50.0. The summed E-state index contributed by atoms with van der Waals surface area (Å²) in [7, 11) is 0.